The van der Waals surface area contributed by atoms with Crippen molar-refractivity contribution in [3.63, 3.8) is 0 Å². The third-order valence-electron chi connectivity index (χ3n) is 3.33. The van der Waals surface area contributed by atoms with Gasteiger partial charge in [0.1, 0.15) is 0 Å². The van der Waals surface area contributed by atoms with E-state index in [1.54, 1.807) is 11.3 Å². The van der Waals surface area contributed by atoms with Crippen LogP contribution in [-0.2, 0) is 13.0 Å². The van der Waals surface area contributed by atoms with Crippen molar-refractivity contribution in [3.8, 4) is 11.1 Å². The van der Waals surface area contributed by atoms with Crippen molar-refractivity contribution in [3.05, 3.63) is 46.4 Å². The number of primary amides is 1. The minimum Gasteiger partial charge on any atom is -0.366 e. The topological polar surface area (TPSA) is 48.0 Å². The zero-order valence-electron chi connectivity index (χ0n) is 11.3. The molecule has 0 saturated carbocycles. The van der Waals surface area contributed by atoms with Crippen LogP contribution in [-0.4, -0.2) is 10.5 Å². The average molecular weight is 274 g/mol. The number of nitrogens with zero attached hydrogens (tertiary/aromatic N) is 1. The van der Waals surface area contributed by atoms with Crippen LogP contribution in [0.25, 0.3) is 11.1 Å². The normalized spacial score (nSPS) is 10.6. The number of amides is 1. The van der Waals surface area contributed by atoms with Crippen molar-refractivity contribution >= 4 is 17.2 Å². The van der Waals surface area contributed by atoms with Gasteiger partial charge >= 0.3 is 0 Å². The molecule has 0 radical (unpaired) electrons. The van der Waals surface area contributed by atoms with E-state index in [1.165, 1.54) is 0 Å². The number of carbonyl (C=O) groups is 1. The van der Waals surface area contributed by atoms with Crippen LogP contribution in [0.2, 0.25) is 0 Å². The van der Waals surface area contributed by atoms with Crippen LogP contribution in [0.1, 0.15) is 28.7 Å². The highest BCUT2D eigenvalue weighted by molar-refractivity contribution is 7.08. The van der Waals surface area contributed by atoms with E-state index in [1.807, 2.05) is 24.4 Å². The second kappa shape index (κ2) is 5.45. The molecule has 0 atom stereocenters. The number of thiophene rings is 1. The van der Waals surface area contributed by atoms with Crippen molar-refractivity contribution in [2.45, 2.75) is 26.8 Å². The molecule has 0 bridgehead atoms. The summed E-state index contributed by atoms with van der Waals surface area (Å²) < 4.78 is 2.13. The SMILES string of the molecule is C=CCn1c(C)c(C(N)=O)c(-c2ccsc2)c1CC. The maximum absolute atomic E-state index is 11.8. The zero-order valence-corrected chi connectivity index (χ0v) is 12.1. The highest BCUT2D eigenvalue weighted by Crippen LogP contribution is 2.34. The average Bonchev–Trinajstić information content (AvgIpc) is 2.96. The molecule has 0 aromatic carbocycles. The summed E-state index contributed by atoms with van der Waals surface area (Å²) in [5.74, 6) is -0.365. The summed E-state index contributed by atoms with van der Waals surface area (Å²) >= 11 is 1.62. The summed E-state index contributed by atoms with van der Waals surface area (Å²) in [6.07, 6.45) is 2.70. The Bertz CT molecular complexity index is 609. The molecule has 0 aliphatic carbocycles. The van der Waals surface area contributed by atoms with Gasteiger partial charge in [-0.25, -0.2) is 0 Å². The van der Waals surface area contributed by atoms with Gasteiger partial charge in [-0.2, -0.15) is 11.3 Å². The first-order valence-electron chi connectivity index (χ1n) is 6.27. The minimum absolute atomic E-state index is 0.365. The van der Waals surface area contributed by atoms with Gasteiger partial charge < -0.3 is 10.3 Å². The quantitative estimate of drug-likeness (QED) is 0.835. The molecule has 0 aliphatic rings. The smallest absolute Gasteiger partial charge is 0.251 e. The maximum Gasteiger partial charge on any atom is 0.251 e. The molecule has 0 spiro atoms. The molecule has 4 heteroatoms. The monoisotopic (exact) mass is 274 g/mol. The van der Waals surface area contributed by atoms with Crippen LogP contribution in [0.15, 0.2) is 29.5 Å². The van der Waals surface area contributed by atoms with Crippen molar-refractivity contribution in [2.24, 2.45) is 5.73 Å². The first-order valence-corrected chi connectivity index (χ1v) is 7.21. The Balaban J connectivity index is 2.78. The third kappa shape index (κ3) is 2.24. The van der Waals surface area contributed by atoms with Gasteiger partial charge in [0, 0.05) is 23.5 Å². The van der Waals surface area contributed by atoms with Crippen LogP contribution in [0.3, 0.4) is 0 Å². The Morgan fingerprint density at radius 3 is 2.79 bits per heavy atom. The maximum atomic E-state index is 11.8. The van der Waals surface area contributed by atoms with Crippen LogP contribution in [0.5, 0.6) is 0 Å². The molecular weight excluding hydrogens is 256 g/mol. The first-order chi connectivity index (χ1) is 9.11. The molecule has 2 rings (SSSR count). The molecule has 2 aromatic heterocycles. The van der Waals surface area contributed by atoms with Crippen LogP contribution in [0, 0.1) is 6.92 Å². The van der Waals surface area contributed by atoms with Gasteiger partial charge in [-0.05, 0) is 35.7 Å². The summed E-state index contributed by atoms with van der Waals surface area (Å²) in [6.45, 7) is 8.51. The van der Waals surface area contributed by atoms with Crippen LogP contribution < -0.4 is 5.73 Å². The Kier molecular flexibility index (Phi) is 3.90. The van der Waals surface area contributed by atoms with E-state index in [-0.39, 0.29) is 5.91 Å². The molecular formula is C15H18N2OS. The molecule has 0 fully saturated rings. The second-order valence-electron chi connectivity index (χ2n) is 4.41. The number of carbonyl (C=O) groups excluding carboxylic acids is 1. The van der Waals surface area contributed by atoms with Gasteiger partial charge in [-0.3, -0.25) is 4.79 Å². The molecule has 2 N–H and O–H groups in total. The summed E-state index contributed by atoms with van der Waals surface area (Å²) in [4.78, 5) is 11.8. The first kappa shape index (κ1) is 13.6. The van der Waals surface area contributed by atoms with E-state index < -0.39 is 0 Å². The van der Waals surface area contributed by atoms with Crippen molar-refractivity contribution < 1.29 is 4.79 Å². The molecule has 2 heterocycles. The van der Waals surface area contributed by atoms with Crippen LogP contribution in [0.4, 0.5) is 0 Å². The number of aromatic nitrogens is 1. The van der Waals surface area contributed by atoms with E-state index >= 15 is 0 Å². The van der Waals surface area contributed by atoms with E-state index in [0.717, 1.165) is 28.9 Å². The summed E-state index contributed by atoms with van der Waals surface area (Å²) in [6, 6.07) is 2.03. The number of hydrogen-bond donors (Lipinski definition) is 1. The van der Waals surface area contributed by atoms with Crippen molar-refractivity contribution in [1.29, 1.82) is 0 Å². The summed E-state index contributed by atoms with van der Waals surface area (Å²) in [7, 11) is 0. The van der Waals surface area contributed by atoms with Crippen LogP contribution >= 0.6 is 11.3 Å². The third-order valence-corrected chi connectivity index (χ3v) is 4.02. The number of nitrogens with two attached hydrogens (primary N) is 1. The van der Waals surface area contributed by atoms with E-state index in [0.29, 0.717) is 12.1 Å². The van der Waals surface area contributed by atoms with Gasteiger partial charge in [0.2, 0.25) is 0 Å². The Morgan fingerprint density at radius 2 is 2.32 bits per heavy atom. The van der Waals surface area contributed by atoms with Gasteiger partial charge in [-0.1, -0.05) is 13.0 Å². The van der Waals surface area contributed by atoms with Gasteiger partial charge in [0.15, 0.2) is 0 Å². The Morgan fingerprint density at radius 1 is 1.58 bits per heavy atom. The molecule has 3 nitrogen and oxygen atoms in total. The lowest BCUT2D eigenvalue weighted by atomic mass is 10.0. The second-order valence-corrected chi connectivity index (χ2v) is 5.19. The molecule has 2 aromatic rings. The van der Waals surface area contributed by atoms with Crippen molar-refractivity contribution in [2.75, 3.05) is 0 Å². The highest BCUT2D eigenvalue weighted by Gasteiger charge is 2.23. The zero-order chi connectivity index (χ0) is 14.0. The lowest BCUT2D eigenvalue weighted by Crippen LogP contribution is -2.13. The molecule has 1 amide bonds. The molecule has 0 aliphatic heterocycles. The predicted molar refractivity (Wildman–Crippen MR) is 80.6 cm³/mol. The van der Waals surface area contributed by atoms with Gasteiger partial charge in [-0.15, -0.1) is 6.58 Å². The molecule has 0 unspecified atom stereocenters. The van der Waals surface area contributed by atoms with Gasteiger partial charge in [0.05, 0.1) is 5.56 Å². The Labute approximate surface area is 117 Å². The molecule has 19 heavy (non-hydrogen) atoms. The van der Waals surface area contributed by atoms with E-state index in [9.17, 15) is 4.79 Å². The summed E-state index contributed by atoms with van der Waals surface area (Å²) in [5.41, 5.74) is 10.3. The lowest BCUT2D eigenvalue weighted by molar-refractivity contribution is 0.1000. The number of hydrogen-bond acceptors (Lipinski definition) is 2. The largest absolute Gasteiger partial charge is 0.366 e. The van der Waals surface area contributed by atoms with E-state index in [2.05, 4.69) is 23.4 Å². The standard InChI is InChI=1S/C15H18N2OS/c1-4-7-17-10(3)13(15(16)18)14(12(17)5-2)11-6-8-19-9-11/h4,6,8-9H,1,5,7H2,2-3H3,(H2,16,18). The number of allylic oxidation sites excluding steroid dienone is 1. The fraction of sp³-hybridized carbons (Fsp3) is 0.267. The molecule has 100 valence electrons. The van der Waals surface area contributed by atoms with E-state index in [4.69, 9.17) is 5.73 Å². The van der Waals surface area contributed by atoms with Crippen molar-refractivity contribution in [1.82, 2.24) is 4.57 Å². The lowest BCUT2D eigenvalue weighted by Gasteiger charge is -2.08. The highest BCUT2D eigenvalue weighted by atomic mass is 32.1. The summed E-state index contributed by atoms with van der Waals surface area (Å²) in [5, 5.41) is 4.07. The minimum atomic E-state index is -0.365. The number of rotatable bonds is 5. The predicted octanol–water partition coefficient (Wildman–Crippen LogP) is 3.37. The van der Waals surface area contributed by atoms with Gasteiger partial charge in [0.25, 0.3) is 5.91 Å². The fourth-order valence-electron chi connectivity index (χ4n) is 2.56. The molecule has 0 saturated heterocycles. The fourth-order valence-corrected chi connectivity index (χ4v) is 3.21. The Hall–Kier alpha value is -1.81.